The molecule has 0 fully saturated rings. The summed E-state index contributed by atoms with van der Waals surface area (Å²) in [6.07, 6.45) is 0. The van der Waals surface area contributed by atoms with Gasteiger partial charge in [0.15, 0.2) is 12.4 Å². The molecular weight excluding hydrogens is 390 g/mol. The van der Waals surface area contributed by atoms with E-state index >= 15 is 0 Å². The quantitative estimate of drug-likeness (QED) is 0.821. The molecule has 0 saturated heterocycles. The second-order valence-electron chi connectivity index (χ2n) is 4.23. The first-order valence-corrected chi connectivity index (χ1v) is 7.45. The average Bonchev–Trinajstić information content (AvgIpc) is 2.70. The molecule has 1 amide bonds. The van der Waals surface area contributed by atoms with E-state index in [1.54, 1.807) is 6.07 Å². The second kappa shape index (κ2) is 6.41. The van der Waals surface area contributed by atoms with Crippen LogP contribution in [0.25, 0.3) is 0 Å². The number of nitrogens with one attached hydrogen (secondary N) is 2. The fraction of sp³-hybridized carbons (Fsp3) is 0.231. The Morgan fingerprint density at radius 3 is 2.75 bits per heavy atom. The number of aromatic nitrogens is 2. The smallest absolute Gasteiger partial charge is 0.263 e. The molecule has 1 heterocycles. The minimum atomic E-state index is -0.255. The number of ether oxygens (including phenoxy) is 1. The first-order valence-electron chi connectivity index (χ1n) is 5.86. The fourth-order valence-electron chi connectivity index (χ4n) is 1.51. The number of hydrogen-bond donors (Lipinski definition) is 2. The van der Waals surface area contributed by atoms with E-state index in [0.29, 0.717) is 11.6 Å². The Morgan fingerprint density at radius 1 is 1.40 bits per heavy atom. The molecule has 2 rings (SSSR count). The summed E-state index contributed by atoms with van der Waals surface area (Å²) in [4.78, 5) is 11.8. The molecule has 0 saturated carbocycles. The Kier molecular flexibility index (Phi) is 4.82. The van der Waals surface area contributed by atoms with E-state index in [-0.39, 0.29) is 12.5 Å². The standard InChI is InChI=1S/C13H13Br2N3O2/c1-7-8(2)17-18-13(7)16-12(19)6-20-11-4-3-9(14)5-10(11)15/h3-5H,6H2,1-2H3,(H2,16,17,18,19). The number of benzene rings is 1. The van der Waals surface area contributed by atoms with Crippen molar-refractivity contribution >= 4 is 43.6 Å². The number of H-pyrrole nitrogens is 1. The number of nitrogens with zero attached hydrogens (tertiary/aromatic N) is 1. The highest BCUT2D eigenvalue weighted by Gasteiger charge is 2.11. The van der Waals surface area contributed by atoms with Gasteiger partial charge in [0, 0.05) is 15.7 Å². The van der Waals surface area contributed by atoms with E-state index in [0.717, 1.165) is 20.2 Å². The van der Waals surface area contributed by atoms with Gasteiger partial charge < -0.3 is 10.1 Å². The van der Waals surface area contributed by atoms with Gasteiger partial charge in [-0.1, -0.05) is 15.9 Å². The minimum Gasteiger partial charge on any atom is -0.483 e. The van der Waals surface area contributed by atoms with Crippen molar-refractivity contribution in [1.82, 2.24) is 10.2 Å². The highest BCUT2D eigenvalue weighted by molar-refractivity contribution is 9.11. The Balaban J connectivity index is 1.94. The first-order chi connectivity index (χ1) is 9.47. The lowest BCUT2D eigenvalue weighted by atomic mass is 10.3. The molecule has 0 aliphatic rings. The second-order valence-corrected chi connectivity index (χ2v) is 6.00. The molecule has 2 N–H and O–H groups in total. The Morgan fingerprint density at radius 2 is 2.15 bits per heavy atom. The molecule has 7 heteroatoms. The largest absolute Gasteiger partial charge is 0.483 e. The number of aryl methyl sites for hydroxylation is 1. The lowest BCUT2D eigenvalue weighted by molar-refractivity contribution is -0.118. The predicted molar refractivity (Wildman–Crippen MR) is 84.0 cm³/mol. The number of carbonyl (C=O) groups excluding carboxylic acids is 1. The number of carbonyl (C=O) groups is 1. The Hall–Kier alpha value is -1.34. The van der Waals surface area contributed by atoms with Gasteiger partial charge in [0.1, 0.15) is 5.75 Å². The maximum atomic E-state index is 11.8. The molecular formula is C13H13Br2N3O2. The van der Waals surface area contributed by atoms with E-state index in [9.17, 15) is 4.79 Å². The lowest BCUT2D eigenvalue weighted by Crippen LogP contribution is -2.21. The molecule has 1 aromatic carbocycles. The number of aromatic amines is 1. The molecule has 1 aromatic heterocycles. The zero-order chi connectivity index (χ0) is 14.7. The summed E-state index contributed by atoms with van der Waals surface area (Å²) in [5.74, 6) is 0.888. The summed E-state index contributed by atoms with van der Waals surface area (Å²) in [5.41, 5.74) is 1.85. The molecule has 5 nitrogen and oxygen atoms in total. The molecule has 0 aliphatic heterocycles. The summed E-state index contributed by atoms with van der Waals surface area (Å²) in [6.45, 7) is 3.71. The summed E-state index contributed by atoms with van der Waals surface area (Å²) in [7, 11) is 0. The topological polar surface area (TPSA) is 67.0 Å². The average molecular weight is 403 g/mol. The van der Waals surface area contributed by atoms with Gasteiger partial charge in [0.05, 0.1) is 4.47 Å². The molecule has 0 bridgehead atoms. The number of rotatable bonds is 4. The molecule has 0 aliphatic carbocycles. The summed E-state index contributed by atoms with van der Waals surface area (Å²) >= 11 is 6.73. The van der Waals surface area contributed by atoms with Crippen LogP contribution in [-0.2, 0) is 4.79 Å². The zero-order valence-corrected chi connectivity index (χ0v) is 14.1. The van der Waals surface area contributed by atoms with Gasteiger partial charge >= 0.3 is 0 Å². The van der Waals surface area contributed by atoms with Crippen molar-refractivity contribution in [1.29, 1.82) is 0 Å². The molecule has 0 unspecified atom stereocenters. The van der Waals surface area contributed by atoms with Gasteiger partial charge in [0.2, 0.25) is 0 Å². The molecule has 20 heavy (non-hydrogen) atoms. The van der Waals surface area contributed by atoms with E-state index in [2.05, 4.69) is 47.4 Å². The van der Waals surface area contributed by atoms with Gasteiger partial charge in [-0.3, -0.25) is 9.89 Å². The van der Waals surface area contributed by atoms with Crippen LogP contribution in [0, 0.1) is 13.8 Å². The highest BCUT2D eigenvalue weighted by Crippen LogP contribution is 2.28. The van der Waals surface area contributed by atoms with Crippen molar-refractivity contribution in [2.24, 2.45) is 0 Å². The monoisotopic (exact) mass is 401 g/mol. The maximum absolute atomic E-state index is 11.8. The van der Waals surface area contributed by atoms with Gasteiger partial charge in [-0.25, -0.2) is 0 Å². The van der Waals surface area contributed by atoms with Crippen molar-refractivity contribution in [2.45, 2.75) is 13.8 Å². The molecule has 0 spiro atoms. The van der Waals surface area contributed by atoms with Crippen LogP contribution in [0.5, 0.6) is 5.75 Å². The Bertz CT molecular complexity index is 641. The van der Waals surface area contributed by atoms with Crippen LogP contribution in [0.15, 0.2) is 27.1 Å². The van der Waals surface area contributed by atoms with Gasteiger partial charge in [-0.15, -0.1) is 0 Å². The van der Waals surface area contributed by atoms with Crippen LogP contribution >= 0.6 is 31.9 Å². The van der Waals surface area contributed by atoms with Crippen LogP contribution in [0.3, 0.4) is 0 Å². The van der Waals surface area contributed by atoms with Crippen molar-refractivity contribution in [3.63, 3.8) is 0 Å². The fourth-order valence-corrected chi connectivity index (χ4v) is 2.67. The SMILES string of the molecule is Cc1[nH]nc(NC(=O)COc2ccc(Br)cc2Br)c1C. The maximum Gasteiger partial charge on any atom is 0.263 e. The lowest BCUT2D eigenvalue weighted by Gasteiger charge is -2.08. The van der Waals surface area contributed by atoms with E-state index in [4.69, 9.17) is 4.74 Å². The third-order valence-electron chi connectivity index (χ3n) is 2.76. The van der Waals surface area contributed by atoms with Crippen molar-refractivity contribution < 1.29 is 9.53 Å². The van der Waals surface area contributed by atoms with E-state index < -0.39 is 0 Å². The third-order valence-corrected chi connectivity index (χ3v) is 3.88. The number of amides is 1. The van der Waals surface area contributed by atoms with Crippen LogP contribution in [0.1, 0.15) is 11.3 Å². The van der Waals surface area contributed by atoms with Crippen molar-refractivity contribution in [3.8, 4) is 5.75 Å². The molecule has 106 valence electrons. The first kappa shape index (κ1) is 15.1. The normalized spacial score (nSPS) is 10.4. The van der Waals surface area contributed by atoms with Gasteiger partial charge in [-0.05, 0) is 48.0 Å². The molecule has 0 atom stereocenters. The minimum absolute atomic E-state index is 0.0778. The van der Waals surface area contributed by atoms with Crippen LogP contribution < -0.4 is 10.1 Å². The highest BCUT2D eigenvalue weighted by atomic mass is 79.9. The zero-order valence-electron chi connectivity index (χ0n) is 11.0. The number of halogens is 2. The van der Waals surface area contributed by atoms with Gasteiger partial charge in [-0.2, -0.15) is 5.10 Å². The Labute approximate surface area is 133 Å². The summed E-state index contributed by atoms with van der Waals surface area (Å²) < 4.78 is 7.17. The van der Waals surface area contributed by atoms with Crippen molar-refractivity contribution in [3.05, 3.63) is 38.4 Å². The van der Waals surface area contributed by atoms with E-state index in [1.165, 1.54) is 0 Å². The molecule has 2 aromatic rings. The molecule has 0 radical (unpaired) electrons. The third kappa shape index (κ3) is 3.61. The predicted octanol–water partition coefficient (Wildman–Crippen LogP) is 3.57. The number of anilines is 1. The van der Waals surface area contributed by atoms with Crippen LogP contribution in [0.4, 0.5) is 5.82 Å². The van der Waals surface area contributed by atoms with Crippen LogP contribution in [0.2, 0.25) is 0 Å². The van der Waals surface area contributed by atoms with Gasteiger partial charge in [0.25, 0.3) is 5.91 Å². The van der Waals surface area contributed by atoms with Crippen LogP contribution in [-0.4, -0.2) is 22.7 Å². The summed E-state index contributed by atoms with van der Waals surface area (Å²) in [6, 6.07) is 5.49. The van der Waals surface area contributed by atoms with Crippen molar-refractivity contribution in [2.75, 3.05) is 11.9 Å². The summed E-state index contributed by atoms with van der Waals surface area (Å²) in [5, 5.41) is 9.53. The van der Waals surface area contributed by atoms with E-state index in [1.807, 2.05) is 26.0 Å². The number of hydrogen-bond acceptors (Lipinski definition) is 3.